The molecule has 0 aliphatic carbocycles. The third kappa shape index (κ3) is 3.00. The van der Waals surface area contributed by atoms with Crippen LogP contribution in [0.1, 0.15) is 13.8 Å². The number of halogens is 2. The number of hydrogen-bond acceptors (Lipinski definition) is 4. The zero-order valence-electron chi connectivity index (χ0n) is 11.9. The Morgan fingerprint density at radius 1 is 1.19 bits per heavy atom. The molecule has 0 spiro atoms. The fourth-order valence-electron chi connectivity index (χ4n) is 2.69. The molecule has 1 aliphatic rings. The molecule has 2 heterocycles. The standard InChI is InChI=1S/C14H17Cl2N5/c1-8-6-21(7-9(2)17-8)14-18-13(19-20-14)10-4-3-5-11(15)12(10)16/h3-5,8-9,17H,6-7H2,1-2H3,(H,18,19,20). The topological polar surface area (TPSA) is 56.8 Å². The van der Waals surface area contributed by atoms with Gasteiger partial charge in [0.05, 0.1) is 10.0 Å². The van der Waals surface area contributed by atoms with Crippen molar-refractivity contribution in [2.45, 2.75) is 25.9 Å². The monoisotopic (exact) mass is 325 g/mol. The molecule has 7 heteroatoms. The van der Waals surface area contributed by atoms with E-state index in [1.165, 1.54) is 0 Å². The molecule has 2 atom stereocenters. The van der Waals surface area contributed by atoms with E-state index < -0.39 is 0 Å². The highest BCUT2D eigenvalue weighted by Crippen LogP contribution is 2.32. The lowest BCUT2D eigenvalue weighted by Gasteiger charge is -2.35. The number of aromatic amines is 1. The van der Waals surface area contributed by atoms with E-state index in [1.54, 1.807) is 6.07 Å². The lowest BCUT2D eigenvalue weighted by atomic mass is 10.1. The molecule has 1 fully saturated rings. The number of nitrogens with zero attached hydrogens (tertiary/aromatic N) is 3. The van der Waals surface area contributed by atoms with Gasteiger partial charge in [0.2, 0.25) is 5.95 Å². The molecule has 0 radical (unpaired) electrons. The van der Waals surface area contributed by atoms with Gasteiger partial charge in [-0.1, -0.05) is 29.3 Å². The van der Waals surface area contributed by atoms with Gasteiger partial charge in [0.15, 0.2) is 5.82 Å². The maximum Gasteiger partial charge on any atom is 0.245 e. The zero-order valence-corrected chi connectivity index (χ0v) is 13.4. The summed E-state index contributed by atoms with van der Waals surface area (Å²) in [5.41, 5.74) is 0.763. The quantitative estimate of drug-likeness (QED) is 0.891. The van der Waals surface area contributed by atoms with Gasteiger partial charge in [0.1, 0.15) is 0 Å². The number of piperazine rings is 1. The molecule has 2 N–H and O–H groups in total. The van der Waals surface area contributed by atoms with E-state index in [1.807, 2.05) is 12.1 Å². The van der Waals surface area contributed by atoms with Crippen LogP contribution in [0.3, 0.4) is 0 Å². The van der Waals surface area contributed by atoms with E-state index in [0.717, 1.165) is 18.7 Å². The normalized spacial score (nSPS) is 22.6. The van der Waals surface area contributed by atoms with Gasteiger partial charge >= 0.3 is 0 Å². The van der Waals surface area contributed by atoms with Crippen LogP contribution in [0.5, 0.6) is 0 Å². The number of anilines is 1. The minimum absolute atomic E-state index is 0.408. The molecule has 1 aromatic carbocycles. The summed E-state index contributed by atoms with van der Waals surface area (Å²) in [6.07, 6.45) is 0. The highest BCUT2D eigenvalue weighted by molar-refractivity contribution is 6.43. The number of benzene rings is 1. The molecule has 21 heavy (non-hydrogen) atoms. The van der Waals surface area contributed by atoms with Crippen LogP contribution >= 0.6 is 23.2 Å². The van der Waals surface area contributed by atoms with Crippen LogP contribution in [0.2, 0.25) is 10.0 Å². The zero-order chi connectivity index (χ0) is 15.0. The molecule has 3 rings (SSSR count). The van der Waals surface area contributed by atoms with Crippen molar-refractivity contribution in [1.82, 2.24) is 20.5 Å². The van der Waals surface area contributed by atoms with Crippen LogP contribution in [-0.4, -0.2) is 40.4 Å². The second-order valence-corrected chi connectivity index (χ2v) is 6.24. The van der Waals surface area contributed by atoms with Crippen molar-refractivity contribution in [3.05, 3.63) is 28.2 Å². The van der Waals surface area contributed by atoms with Gasteiger partial charge in [-0.15, -0.1) is 5.10 Å². The van der Waals surface area contributed by atoms with Gasteiger partial charge in [0.25, 0.3) is 0 Å². The Kier molecular flexibility index (Phi) is 4.06. The molecule has 5 nitrogen and oxygen atoms in total. The van der Waals surface area contributed by atoms with Crippen molar-refractivity contribution in [3.63, 3.8) is 0 Å². The lowest BCUT2D eigenvalue weighted by molar-refractivity contribution is 0.403. The van der Waals surface area contributed by atoms with Crippen molar-refractivity contribution in [1.29, 1.82) is 0 Å². The smallest absolute Gasteiger partial charge is 0.245 e. The third-order valence-corrected chi connectivity index (χ3v) is 4.34. The number of aromatic nitrogens is 3. The molecule has 0 saturated carbocycles. The first-order valence-corrected chi connectivity index (χ1v) is 7.68. The Morgan fingerprint density at radius 3 is 2.62 bits per heavy atom. The molecule has 1 aliphatic heterocycles. The van der Waals surface area contributed by atoms with E-state index >= 15 is 0 Å². The average molecular weight is 326 g/mol. The van der Waals surface area contributed by atoms with Crippen molar-refractivity contribution in [2.75, 3.05) is 18.0 Å². The maximum absolute atomic E-state index is 6.23. The second-order valence-electron chi connectivity index (χ2n) is 5.46. The molecule has 112 valence electrons. The lowest BCUT2D eigenvalue weighted by Crippen LogP contribution is -2.54. The highest BCUT2D eigenvalue weighted by atomic mass is 35.5. The van der Waals surface area contributed by atoms with Gasteiger partial charge < -0.3 is 10.2 Å². The first-order valence-electron chi connectivity index (χ1n) is 6.92. The van der Waals surface area contributed by atoms with Crippen molar-refractivity contribution < 1.29 is 0 Å². The summed E-state index contributed by atoms with van der Waals surface area (Å²) < 4.78 is 0. The fraction of sp³-hybridized carbons (Fsp3) is 0.429. The Labute approximate surface area is 133 Å². The Balaban J connectivity index is 1.88. The molecular formula is C14H17Cl2N5. The molecule has 2 aromatic rings. The molecule has 0 amide bonds. The van der Waals surface area contributed by atoms with E-state index in [4.69, 9.17) is 23.2 Å². The third-order valence-electron chi connectivity index (χ3n) is 3.52. The number of rotatable bonds is 2. The Morgan fingerprint density at radius 2 is 1.90 bits per heavy atom. The van der Waals surface area contributed by atoms with E-state index in [-0.39, 0.29) is 0 Å². The second kappa shape index (κ2) is 5.83. The van der Waals surface area contributed by atoms with Crippen LogP contribution in [0.25, 0.3) is 11.4 Å². The molecular weight excluding hydrogens is 309 g/mol. The summed E-state index contributed by atoms with van der Waals surface area (Å²) >= 11 is 12.3. The number of H-pyrrole nitrogens is 1. The van der Waals surface area contributed by atoms with Gasteiger partial charge in [-0.05, 0) is 26.0 Å². The van der Waals surface area contributed by atoms with Crippen molar-refractivity contribution in [2.24, 2.45) is 0 Å². The van der Waals surface area contributed by atoms with Crippen LogP contribution < -0.4 is 10.2 Å². The molecule has 1 aromatic heterocycles. The summed E-state index contributed by atoms with van der Waals surface area (Å²) in [4.78, 5) is 6.73. The fourth-order valence-corrected chi connectivity index (χ4v) is 3.08. The minimum Gasteiger partial charge on any atom is -0.336 e. The van der Waals surface area contributed by atoms with Crippen LogP contribution in [0.15, 0.2) is 18.2 Å². The predicted octanol–water partition coefficient (Wildman–Crippen LogP) is 2.97. The Bertz CT molecular complexity index is 632. The van der Waals surface area contributed by atoms with Gasteiger partial charge in [-0.2, -0.15) is 4.98 Å². The molecule has 2 unspecified atom stereocenters. The van der Waals surface area contributed by atoms with Crippen LogP contribution in [0.4, 0.5) is 5.95 Å². The van der Waals surface area contributed by atoms with E-state index in [2.05, 4.69) is 39.2 Å². The average Bonchev–Trinajstić information content (AvgIpc) is 2.90. The number of hydrogen-bond donors (Lipinski definition) is 2. The van der Waals surface area contributed by atoms with E-state index in [0.29, 0.717) is 33.9 Å². The maximum atomic E-state index is 6.23. The van der Waals surface area contributed by atoms with Crippen molar-refractivity contribution in [3.8, 4) is 11.4 Å². The first kappa shape index (κ1) is 14.6. The summed E-state index contributed by atoms with van der Waals surface area (Å²) in [7, 11) is 0. The Hall–Kier alpha value is -1.30. The van der Waals surface area contributed by atoms with Gasteiger partial charge in [-0.3, -0.25) is 5.10 Å². The van der Waals surface area contributed by atoms with Gasteiger partial charge in [-0.25, -0.2) is 0 Å². The first-order chi connectivity index (χ1) is 10.0. The number of nitrogens with one attached hydrogen (secondary N) is 2. The molecule has 0 bridgehead atoms. The summed E-state index contributed by atoms with van der Waals surface area (Å²) in [5, 5.41) is 11.8. The summed E-state index contributed by atoms with van der Waals surface area (Å²) in [6.45, 7) is 6.07. The summed E-state index contributed by atoms with van der Waals surface area (Å²) in [6, 6.07) is 6.29. The predicted molar refractivity (Wildman–Crippen MR) is 86.1 cm³/mol. The van der Waals surface area contributed by atoms with E-state index in [9.17, 15) is 0 Å². The highest BCUT2D eigenvalue weighted by Gasteiger charge is 2.24. The van der Waals surface area contributed by atoms with Gasteiger partial charge in [0, 0.05) is 30.7 Å². The summed E-state index contributed by atoms with van der Waals surface area (Å²) in [5.74, 6) is 1.33. The van der Waals surface area contributed by atoms with Crippen LogP contribution in [0, 0.1) is 0 Å². The van der Waals surface area contributed by atoms with Crippen molar-refractivity contribution >= 4 is 29.2 Å². The molecule has 1 saturated heterocycles. The minimum atomic E-state index is 0.408. The van der Waals surface area contributed by atoms with Crippen LogP contribution in [-0.2, 0) is 0 Å². The SMILES string of the molecule is CC1CN(c2n[nH]c(-c3cccc(Cl)c3Cl)n2)CC(C)N1. The largest absolute Gasteiger partial charge is 0.336 e.